The number of rotatable bonds is 7. The molecule has 0 atom stereocenters. The Bertz CT molecular complexity index is 755. The third kappa shape index (κ3) is 5.19. The number of carbonyl (C=O) groups excluding carboxylic acids is 2. The Morgan fingerprint density at radius 3 is 2.46 bits per heavy atom. The third-order valence-electron chi connectivity index (χ3n) is 4.88. The average molecular weight is 389 g/mol. The monoisotopic (exact) mass is 389 g/mol. The van der Waals surface area contributed by atoms with Gasteiger partial charge in [-0.05, 0) is 38.8 Å². The highest BCUT2D eigenvalue weighted by Gasteiger charge is 2.27. The number of hydrogen-bond acceptors (Lipinski definition) is 6. The van der Waals surface area contributed by atoms with Gasteiger partial charge in [-0.1, -0.05) is 0 Å². The first-order valence-corrected chi connectivity index (χ1v) is 9.69. The summed E-state index contributed by atoms with van der Waals surface area (Å²) in [5.74, 6) is -0.279. The van der Waals surface area contributed by atoms with Crippen LogP contribution in [0.3, 0.4) is 0 Å². The van der Waals surface area contributed by atoms with Crippen LogP contribution in [-0.4, -0.2) is 66.4 Å². The Hall–Kier alpha value is -2.68. The molecule has 1 heterocycles. The Morgan fingerprint density at radius 1 is 1.21 bits per heavy atom. The van der Waals surface area contributed by atoms with Crippen LogP contribution in [0.25, 0.3) is 0 Å². The van der Waals surface area contributed by atoms with Crippen LogP contribution in [0, 0.1) is 10.1 Å². The van der Waals surface area contributed by atoms with Crippen molar-refractivity contribution in [2.45, 2.75) is 38.8 Å². The molecule has 1 saturated carbocycles. The molecule has 1 aliphatic carbocycles. The van der Waals surface area contributed by atoms with Crippen molar-refractivity contribution in [3.05, 3.63) is 33.9 Å². The molecule has 1 aromatic carbocycles. The summed E-state index contributed by atoms with van der Waals surface area (Å²) in [5.41, 5.74) is 0.712. The van der Waals surface area contributed by atoms with Crippen molar-refractivity contribution in [3.63, 3.8) is 0 Å². The number of carbonyl (C=O) groups is 2. The van der Waals surface area contributed by atoms with Crippen LogP contribution < -0.4 is 15.5 Å². The second kappa shape index (κ2) is 8.55. The van der Waals surface area contributed by atoms with E-state index in [2.05, 4.69) is 15.5 Å². The Morgan fingerprint density at radius 2 is 1.89 bits per heavy atom. The highest BCUT2D eigenvalue weighted by atomic mass is 16.6. The van der Waals surface area contributed by atoms with Gasteiger partial charge in [0, 0.05) is 49.9 Å². The van der Waals surface area contributed by atoms with E-state index in [-0.39, 0.29) is 29.1 Å². The van der Waals surface area contributed by atoms with Crippen molar-refractivity contribution in [3.8, 4) is 0 Å². The predicted molar refractivity (Wildman–Crippen MR) is 106 cm³/mol. The van der Waals surface area contributed by atoms with Crippen molar-refractivity contribution in [2.75, 3.05) is 37.6 Å². The van der Waals surface area contributed by atoms with Crippen LogP contribution in [0.5, 0.6) is 0 Å². The van der Waals surface area contributed by atoms with Crippen molar-refractivity contribution >= 4 is 23.2 Å². The number of nitrogens with zero attached hydrogens (tertiary/aromatic N) is 3. The maximum atomic E-state index is 12.2. The molecular weight excluding hydrogens is 362 g/mol. The quantitative estimate of drug-likeness (QED) is 0.535. The summed E-state index contributed by atoms with van der Waals surface area (Å²) in [6.45, 7) is 6.54. The van der Waals surface area contributed by atoms with Crippen LogP contribution in [0.4, 0.5) is 11.4 Å². The molecule has 0 unspecified atom stereocenters. The minimum atomic E-state index is -0.447. The number of piperazine rings is 1. The van der Waals surface area contributed by atoms with Crippen molar-refractivity contribution in [1.82, 2.24) is 15.5 Å². The van der Waals surface area contributed by atoms with Gasteiger partial charge in [0.25, 0.3) is 11.6 Å². The number of hydrogen-bond donors (Lipinski definition) is 2. The van der Waals surface area contributed by atoms with Gasteiger partial charge < -0.3 is 15.5 Å². The van der Waals surface area contributed by atoms with Gasteiger partial charge in [0.05, 0.1) is 11.5 Å². The lowest BCUT2D eigenvalue weighted by Crippen LogP contribution is -2.49. The molecule has 0 bridgehead atoms. The fraction of sp³-hybridized carbons (Fsp3) is 0.579. The lowest BCUT2D eigenvalue weighted by molar-refractivity contribution is -0.384. The molecule has 2 N–H and O–H groups in total. The lowest BCUT2D eigenvalue weighted by Gasteiger charge is -2.35. The van der Waals surface area contributed by atoms with Gasteiger partial charge in [0.15, 0.2) is 0 Å². The zero-order valence-electron chi connectivity index (χ0n) is 16.3. The van der Waals surface area contributed by atoms with E-state index < -0.39 is 4.92 Å². The van der Waals surface area contributed by atoms with Gasteiger partial charge in [-0.2, -0.15) is 0 Å². The molecule has 1 aromatic rings. The normalized spacial score (nSPS) is 17.5. The van der Waals surface area contributed by atoms with E-state index >= 15 is 0 Å². The van der Waals surface area contributed by atoms with Crippen LogP contribution >= 0.6 is 0 Å². The van der Waals surface area contributed by atoms with Crippen LogP contribution in [0.1, 0.15) is 37.0 Å². The molecule has 9 nitrogen and oxygen atoms in total. The number of benzene rings is 1. The number of anilines is 1. The Balaban J connectivity index is 1.63. The van der Waals surface area contributed by atoms with Gasteiger partial charge in [0.1, 0.15) is 5.69 Å². The Labute approximate surface area is 164 Å². The van der Waals surface area contributed by atoms with E-state index in [4.69, 9.17) is 0 Å². The van der Waals surface area contributed by atoms with Crippen LogP contribution in [-0.2, 0) is 4.79 Å². The van der Waals surface area contributed by atoms with Gasteiger partial charge in [-0.15, -0.1) is 0 Å². The minimum absolute atomic E-state index is 0.0439. The van der Waals surface area contributed by atoms with Crippen molar-refractivity contribution < 1.29 is 14.5 Å². The summed E-state index contributed by atoms with van der Waals surface area (Å²) in [7, 11) is 0. The summed E-state index contributed by atoms with van der Waals surface area (Å²) in [4.78, 5) is 39.2. The van der Waals surface area contributed by atoms with E-state index in [0.29, 0.717) is 44.5 Å². The van der Waals surface area contributed by atoms with Crippen molar-refractivity contribution in [1.29, 1.82) is 0 Å². The highest BCUT2D eigenvalue weighted by molar-refractivity contribution is 5.96. The molecule has 0 aromatic heterocycles. The minimum Gasteiger partial charge on any atom is -0.363 e. The highest BCUT2D eigenvalue weighted by Crippen LogP contribution is 2.30. The SMILES string of the molecule is CC(C)NC(=O)c1ccc(N2CCN(CC(=O)NC3CC3)CC2)c([N+](=O)[O-])c1. The summed E-state index contributed by atoms with van der Waals surface area (Å²) in [6, 6.07) is 4.90. The molecule has 2 aliphatic rings. The second-order valence-corrected chi connectivity index (χ2v) is 7.69. The summed E-state index contributed by atoms with van der Waals surface area (Å²) in [5, 5.41) is 17.3. The molecule has 0 radical (unpaired) electrons. The van der Waals surface area contributed by atoms with E-state index in [9.17, 15) is 19.7 Å². The third-order valence-corrected chi connectivity index (χ3v) is 4.88. The molecule has 2 fully saturated rings. The van der Waals surface area contributed by atoms with Crippen LogP contribution in [0.2, 0.25) is 0 Å². The van der Waals surface area contributed by atoms with Gasteiger partial charge in [-0.3, -0.25) is 24.6 Å². The topological polar surface area (TPSA) is 108 Å². The van der Waals surface area contributed by atoms with E-state index in [1.54, 1.807) is 12.1 Å². The molecule has 3 rings (SSSR count). The number of nitrogens with one attached hydrogen (secondary N) is 2. The van der Waals surface area contributed by atoms with Crippen LogP contribution in [0.15, 0.2) is 18.2 Å². The molecule has 152 valence electrons. The number of nitro benzene ring substituents is 1. The molecule has 2 amide bonds. The molecule has 1 saturated heterocycles. The van der Waals surface area contributed by atoms with E-state index in [1.807, 2.05) is 18.7 Å². The summed E-state index contributed by atoms with van der Waals surface area (Å²) in [6.07, 6.45) is 2.13. The zero-order valence-corrected chi connectivity index (χ0v) is 16.3. The predicted octanol–water partition coefficient (Wildman–Crippen LogP) is 1.13. The van der Waals surface area contributed by atoms with E-state index in [1.165, 1.54) is 6.07 Å². The fourth-order valence-corrected chi connectivity index (χ4v) is 3.27. The zero-order chi connectivity index (χ0) is 20.3. The van der Waals surface area contributed by atoms with Crippen molar-refractivity contribution in [2.24, 2.45) is 0 Å². The molecule has 9 heteroatoms. The molecule has 28 heavy (non-hydrogen) atoms. The first-order chi connectivity index (χ1) is 13.3. The lowest BCUT2D eigenvalue weighted by atomic mass is 10.1. The maximum Gasteiger partial charge on any atom is 0.293 e. The maximum absolute atomic E-state index is 12.2. The first kappa shape index (κ1) is 20.1. The first-order valence-electron chi connectivity index (χ1n) is 9.69. The average Bonchev–Trinajstić information content (AvgIpc) is 3.45. The Kier molecular flexibility index (Phi) is 6.13. The summed E-state index contributed by atoms with van der Waals surface area (Å²) >= 11 is 0. The number of nitro groups is 1. The van der Waals surface area contributed by atoms with Gasteiger partial charge >= 0.3 is 0 Å². The van der Waals surface area contributed by atoms with Gasteiger partial charge in [-0.25, -0.2) is 0 Å². The largest absolute Gasteiger partial charge is 0.363 e. The second-order valence-electron chi connectivity index (χ2n) is 7.69. The smallest absolute Gasteiger partial charge is 0.293 e. The van der Waals surface area contributed by atoms with E-state index in [0.717, 1.165) is 12.8 Å². The number of amides is 2. The molecule has 1 aliphatic heterocycles. The molecule has 0 spiro atoms. The fourth-order valence-electron chi connectivity index (χ4n) is 3.27. The summed E-state index contributed by atoms with van der Waals surface area (Å²) < 4.78 is 0. The standard InChI is InChI=1S/C19H27N5O4/c1-13(2)20-19(26)14-3-6-16(17(11-14)24(27)28)23-9-7-22(8-10-23)12-18(25)21-15-4-5-15/h3,6,11,13,15H,4-5,7-10,12H2,1-2H3,(H,20,26)(H,21,25). The molecular formula is C19H27N5O4. The van der Waals surface area contributed by atoms with Gasteiger partial charge in [0.2, 0.25) is 5.91 Å².